The summed E-state index contributed by atoms with van der Waals surface area (Å²) in [5.41, 5.74) is 7.74. The highest BCUT2D eigenvalue weighted by molar-refractivity contribution is 5.80. The van der Waals surface area contributed by atoms with E-state index in [0.29, 0.717) is 12.0 Å². The number of aromatic amines is 1. The number of nitrogens with two attached hydrogens (primary N) is 1. The number of H-pyrrole nitrogens is 1. The molecule has 1 aromatic heterocycles. The van der Waals surface area contributed by atoms with Crippen LogP contribution in [-0.4, -0.2) is 22.1 Å². The van der Waals surface area contributed by atoms with E-state index in [1.54, 1.807) is 12.1 Å². The number of aliphatic carboxylic acids is 1. The molecular weight excluding hydrogens is 244 g/mol. The minimum atomic E-state index is -1.02. The molecule has 5 heteroatoms. The maximum atomic E-state index is 11.7. The van der Waals surface area contributed by atoms with Crippen molar-refractivity contribution in [3.63, 3.8) is 0 Å². The second-order valence-corrected chi connectivity index (χ2v) is 4.55. The first-order chi connectivity index (χ1) is 9.01. The van der Waals surface area contributed by atoms with Crippen LogP contribution in [0.15, 0.2) is 29.1 Å². The second-order valence-electron chi connectivity index (χ2n) is 4.55. The number of carbonyl (C=O) groups is 1. The summed E-state index contributed by atoms with van der Waals surface area (Å²) in [5, 5.41) is 9.70. The molecule has 4 N–H and O–H groups in total. The summed E-state index contributed by atoms with van der Waals surface area (Å²) in [6.07, 6.45) is 0.927. The van der Waals surface area contributed by atoms with Gasteiger partial charge < -0.3 is 15.8 Å². The van der Waals surface area contributed by atoms with Gasteiger partial charge in [0.05, 0.1) is 0 Å². The number of aryl methyl sites for hydroxylation is 1. The van der Waals surface area contributed by atoms with Gasteiger partial charge in [0, 0.05) is 11.1 Å². The average Bonchev–Trinajstić information content (AvgIpc) is 2.38. The third-order valence-corrected chi connectivity index (χ3v) is 3.14. The lowest BCUT2D eigenvalue weighted by Crippen LogP contribution is -2.32. The molecule has 1 atom stereocenters. The minimum Gasteiger partial charge on any atom is -0.480 e. The van der Waals surface area contributed by atoms with E-state index in [2.05, 4.69) is 4.98 Å². The van der Waals surface area contributed by atoms with Crippen LogP contribution in [0.3, 0.4) is 0 Å². The normalized spacial score (nSPS) is 12.5. The van der Waals surface area contributed by atoms with Gasteiger partial charge in [0.2, 0.25) is 0 Å². The van der Waals surface area contributed by atoms with E-state index in [1.165, 1.54) is 0 Å². The van der Waals surface area contributed by atoms with Gasteiger partial charge in [-0.25, -0.2) is 0 Å². The maximum Gasteiger partial charge on any atom is 0.320 e. The summed E-state index contributed by atoms with van der Waals surface area (Å²) < 4.78 is 0. The van der Waals surface area contributed by atoms with E-state index in [4.69, 9.17) is 10.8 Å². The molecule has 100 valence electrons. The molecule has 0 bridgehead atoms. The zero-order valence-electron chi connectivity index (χ0n) is 10.6. The first-order valence-corrected chi connectivity index (χ1v) is 6.14. The van der Waals surface area contributed by atoms with Crippen molar-refractivity contribution in [1.29, 1.82) is 0 Å². The summed E-state index contributed by atoms with van der Waals surface area (Å²) >= 11 is 0. The molecule has 0 aliphatic heterocycles. The Labute approximate surface area is 110 Å². The Balaban J connectivity index is 2.42. The van der Waals surface area contributed by atoms with Crippen molar-refractivity contribution >= 4 is 16.9 Å². The monoisotopic (exact) mass is 260 g/mol. The van der Waals surface area contributed by atoms with Crippen molar-refractivity contribution in [3.8, 4) is 0 Å². The molecule has 1 unspecified atom stereocenters. The number of rotatable bonds is 4. The number of fused-ring (bicyclic) bond motifs is 1. The second kappa shape index (κ2) is 5.24. The van der Waals surface area contributed by atoms with Crippen LogP contribution in [0.4, 0.5) is 0 Å². The van der Waals surface area contributed by atoms with Crippen LogP contribution in [0.5, 0.6) is 0 Å². The highest BCUT2D eigenvalue weighted by Gasteiger charge is 2.12. The number of carboxylic acid groups (broad SMARTS) is 1. The zero-order valence-corrected chi connectivity index (χ0v) is 10.6. The van der Waals surface area contributed by atoms with Gasteiger partial charge in [-0.3, -0.25) is 9.59 Å². The molecule has 5 nitrogen and oxygen atoms in total. The lowest BCUT2D eigenvalue weighted by molar-refractivity contribution is -0.138. The van der Waals surface area contributed by atoms with Crippen LogP contribution >= 0.6 is 0 Å². The van der Waals surface area contributed by atoms with E-state index < -0.39 is 12.0 Å². The summed E-state index contributed by atoms with van der Waals surface area (Å²) in [4.78, 5) is 25.2. The first-order valence-electron chi connectivity index (χ1n) is 6.14. The van der Waals surface area contributed by atoms with Gasteiger partial charge >= 0.3 is 5.97 Å². The Kier molecular flexibility index (Phi) is 3.66. The Bertz CT molecular complexity index is 676. The fourth-order valence-corrected chi connectivity index (χ4v) is 2.03. The van der Waals surface area contributed by atoms with E-state index >= 15 is 0 Å². The molecular formula is C14H16N2O3. The van der Waals surface area contributed by atoms with Crippen molar-refractivity contribution in [2.75, 3.05) is 0 Å². The van der Waals surface area contributed by atoms with Crippen molar-refractivity contribution in [2.45, 2.75) is 25.8 Å². The van der Waals surface area contributed by atoms with Gasteiger partial charge in [-0.2, -0.15) is 0 Å². The van der Waals surface area contributed by atoms with Gasteiger partial charge in [0.25, 0.3) is 5.56 Å². The number of carboxylic acids is 1. The molecule has 2 rings (SSSR count). The largest absolute Gasteiger partial charge is 0.480 e. The molecule has 0 aliphatic carbocycles. The highest BCUT2D eigenvalue weighted by Crippen LogP contribution is 2.15. The van der Waals surface area contributed by atoms with E-state index in [9.17, 15) is 9.59 Å². The Hall–Kier alpha value is -2.14. The van der Waals surface area contributed by atoms with Gasteiger partial charge in [0.15, 0.2) is 0 Å². The third kappa shape index (κ3) is 2.82. The molecule has 0 radical (unpaired) electrons. The third-order valence-electron chi connectivity index (χ3n) is 3.14. The molecule has 0 amide bonds. The van der Waals surface area contributed by atoms with Gasteiger partial charge in [-0.05, 0) is 42.0 Å². The molecule has 0 aliphatic rings. The predicted molar refractivity (Wildman–Crippen MR) is 73.3 cm³/mol. The fraction of sp³-hybridized carbons (Fsp3) is 0.286. The SMILES string of the molecule is CCc1cc2cc(CC(N)C(=O)O)ccc2[nH]c1=O. The molecule has 2 aromatic rings. The summed E-state index contributed by atoms with van der Waals surface area (Å²) in [6.45, 7) is 1.92. The van der Waals surface area contributed by atoms with Crippen molar-refractivity contribution in [3.05, 3.63) is 45.7 Å². The molecule has 1 aromatic carbocycles. The number of aromatic nitrogens is 1. The van der Waals surface area contributed by atoms with Crippen LogP contribution in [0.25, 0.3) is 10.9 Å². The number of nitrogens with one attached hydrogen (secondary N) is 1. The lowest BCUT2D eigenvalue weighted by atomic mass is 10.0. The fourth-order valence-electron chi connectivity index (χ4n) is 2.03. The Morgan fingerprint density at radius 2 is 2.16 bits per heavy atom. The average molecular weight is 260 g/mol. The summed E-state index contributed by atoms with van der Waals surface area (Å²) in [5.74, 6) is -1.02. The van der Waals surface area contributed by atoms with E-state index in [0.717, 1.165) is 16.5 Å². The predicted octanol–water partition coefficient (Wildman–Crippen LogP) is 1.04. The van der Waals surface area contributed by atoms with Crippen LogP contribution in [0.2, 0.25) is 0 Å². The maximum absolute atomic E-state index is 11.7. The molecule has 1 heterocycles. The smallest absolute Gasteiger partial charge is 0.320 e. The quantitative estimate of drug-likeness (QED) is 0.765. The molecule has 0 saturated heterocycles. The van der Waals surface area contributed by atoms with Crippen LogP contribution in [0, 0.1) is 0 Å². The van der Waals surface area contributed by atoms with Crippen molar-refractivity contribution in [1.82, 2.24) is 4.98 Å². The topological polar surface area (TPSA) is 96.2 Å². The van der Waals surface area contributed by atoms with Crippen LogP contribution in [0.1, 0.15) is 18.1 Å². The number of hydrogen-bond acceptors (Lipinski definition) is 3. The van der Waals surface area contributed by atoms with Crippen LogP contribution in [-0.2, 0) is 17.6 Å². The first kappa shape index (κ1) is 13.3. The molecule has 0 fully saturated rings. The Morgan fingerprint density at radius 3 is 2.79 bits per heavy atom. The standard InChI is InChI=1S/C14H16N2O3/c1-2-9-7-10-5-8(6-11(15)14(18)19)3-4-12(10)16-13(9)17/h3-5,7,11H,2,6,15H2,1H3,(H,16,17)(H,18,19). The highest BCUT2D eigenvalue weighted by atomic mass is 16.4. The summed E-state index contributed by atoms with van der Waals surface area (Å²) in [6, 6.07) is 6.36. The number of pyridine rings is 1. The van der Waals surface area contributed by atoms with Gasteiger partial charge in [-0.1, -0.05) is 13.0 Å². The number of hydrogen-bond donors (Lipinski definition) is 3. The van der Waals surface area contributed by atoms with Crippen molar-refractivity contribution < 1.29 is 9.90 Å². The zero-order chi connectivity index (χ0) is 14.0. The Morgan fingerprint density at radius 1 is 1.42 bits per heavy atom. The van der Waals surface area contributed by atoms with Crippen LogP contribution < -0.4 is 11.3 Å². The van der Waals surface area contributed by atoms with E-state index in [-0.39, 0.29) is 12.0 Å². The molecule has 0 spiro atoms. The van der Waals surface area contributed by atoms with Gasteiger partial charge in [-0.15, -0.1) is 0 Å². The van der Waals surface area contributed by atoms with Gasteiger partial charge in [0.1, 0.15) is 6.04 Å². The lowest BCUT2D eigenvalue weighted by Gasteiger charge is -2.08. The number of benzene rings is 1. The molecule has 0 saturated carbocycles. The van der Waals surface area contributed by atoms with E-state index in [1.807, 2.05) is 19.1 Å². The minimum absolute atomic E-state index is 0.0787. The molecule has 19 heavy (non-hydrogen) atoms. The summed E-state index contributed by atoms with van der Waals surface area (Å²) in [7, 11) is 0. The van der Waals surface area contributed by atoms with Crippen molar-refractivity contribution in [2.24, 2.45) is 5.73 Å².